The van der Waals surface area contributed by atoms with Gasteiger partial charge in [-0.05, 0) is 60.4 Å². The van der Waals surface area contributed by atoms with Crippen molar-refractivity contribution in [2.75, 3.05) is 20.1 Å². The highest BCUT2D eigenvalue weighted by molar-refractivity contribution is 9.11. The highest BCUT2D eigenvalue weighted by Crippen LogP contribution is 2.29. The lowest BCUT2D eigenvalue weighted by Gasteiger charge is -2.16. The van der Waals surface area contributed by atoms with Gasteiger partial charge in [-0.3, -0.25) is 0 Å². The van der Waals surface area contributed by atoms with E-state index in [1.165, 1.54) is 12.8 Å². The van der Waals surface area contributed by atoms with Gasteiger partial charge in [-0.15, -0.1) is 0 Å². The molecule has 112 valence electrons. The Morgan fingerprint density at radius 2 is 1.95 bits per heavy atom. The zero-order valence-electron chi connectivity index (χ0n) is 11.5. The number of hydrogen-bond donors (Lipinski definition) is 1. The first-order valence-corrected chi connectivity index (χ1v) is 9.54. The molecule has 1 saturated carbocycles. The predicted molar refractivity (Wildman–Crippen MR) is 87.4 cm³/mol. The van der Waals surface area contributed by atoms with Gasteiger partial charge in [0, 0.05) is 28.1 Å². The average Bonchev–Trinajstić information content (AvgIpc) is 3.17. The van der Waals surface area contributed by atoms with Crippen LogP contribution < -0.4 is 4.72 Å². The van der Waals surface area contributed by atoms with Crippen LogP contribution in [0.15, 0.2) is 26.0 Å². The Bertz CT molecular complexity index is 601. The molecule has 0 bridgehead atoms. The van der Waals surface area contributed by atoms with Crippen LogP contribution in [0.4, 0.5) is 0 Å². The molecular formula is C13H18Br2N2O2S. The Kier molecular flexibility index (Phi) is 5.29. The molecule has 1 aromatic rings. The molecule has 1 aliphatic carbocycles. The second kappa shape index (κ2) is 6.44. The third-order valence-corrected chi connectivity index (χ3v) is 6.70. The van der Waals surface area contributed by atoms with Crippen molar-refractivity contribution in [3.63, 3.8) is 0 Å². The summed E-state index contributed by atoms with van der Waals surface area (Å²) in [5, 5.41) is 0. The van der Waals surface area contributed by atoms with Crippen LogP contribution in [0.1, 0.15) is 18.4 Å². The number of rotatable bonds is 6. The summed E-state index contributed by atoms with van der Waals surface area (Å²) < 4.78 is 28.6. The van der Waals surface area contributed by atoms with Crippen molar-refractivity contribution >= 4 is 41.9 Å². The number of likely N-dealkylation sites (N-methyl/N-ethyl adjacent to an activating group) is 1. The van der Waals surface area contributed by atoms with Gasteiger partial charge in [0.1, 0.15) is 0 Å². The maximum absolute atomic E-state index is 12.3. The van der Waals surface area contributed by atoms with Gasteiger partial charge in [0.05, 0.1) is 4.90 Å². The van der Waals surface area contributed by atoms with E-state index in [4.69, 9.17) is 0 Å². The highest BCUT2D eigenvalue weighted by Gasteiger charge is 2.26. The Morgan fingerprint density at radius 1 is 1.30 bits per heavy atom. The van der Waals surface area contributed by atoms with Crippen molar-refractivity contribution in [1.29, 1.82) is 0 Å². The van der Waals surface area contributed by atoms with Gasteiger partial charge < -0.3 is 4.90 Å². The summed E-state index contributed by atoms with van der Waals surface area (Å²) in [6, 6.07) is 4.07. The van der Waals surface area contributed by atoms with Crippen molar-refractivity contribution in [3.8, 4) is 0 Å². The fourth-order valence-electron chi connectivity index (χ4n) is 1.97. The van der Waals surface area contributed by atoms with Crippen LogP contribution in [0.5, 0.6) is 0 Å². The molecule has 20 heavy (non-hydrogen) atoms. The predicted octanol–water partition coefficient (Wildman–Crippen LogP) is 2.89. The highest BCUT2D eigenvalue weighted by atomic mass is 79.9. The molecule has 2 rings (SSSR count). The van der Waals surface area contributed by atoms with Crippen LogP contribution in [0, 0.1) is 6.92 Å². The number of nitrogens with one attached hydrogen (secondary N) is 1. The van der Waals surface area contributed by atoms with Crippen LogP contribution in [-0.4, -0.2) is 39.5 Å². The summed E-state index contributed by atoms with van der Waals surface area (Å²) in [7, 11) is -1.45. The second-order valence-electron chi connectivity index (χ2n) is 5.14. The molecule has 0 atom stereocenters. The van der Waals surface area contributed by atoms with Crippen molar-refractivity contribution in [2.45, 2.75) is 30.7 Å². The molecule has 7 heteroatoms. The summed E-state index contributed by atoms with van der Waals surface area (Å²) in [6.07, 6.45) is 2.44. The Hall–Kier alpha value is 0.0500. The summed E-state index contributed by atoms with van der Waals surface area (Å²) in [5.74, 6) is 0. The zero-order valence-corrected chi connectivity index (χ0v) is 15.5. The monoisotopic (exact) mass is 424 g/mol. The minimum atomic E-state index is -3.48. The van der Waals surface area contributed by atoms with E-state index in [1.807, 2.05) is 14.0 Å². The normalized spacial score (nSPS) is 15.8. The first kappa shape index (κ1) is 16.4. The minimum absolute atomic E-state index is 0.268. The summed E-state index contributed by atoms with van der Waals surface area (Å²) in [6.45, 7) is 3.07. The van der Waals surface area contributed by atoms with Crippen molar-refractivity contribution < 1.29 is 8.42 Å². The summed E-state index contributed by atoms with van der Waals surface area (Å²) in [5.41, 5.74) is 0.990. The van der Waals surface area contributed by atoms with Gasteiger partial charge in [-0.2, -0.15) is 0 Å². The molecule has 0 aromatic heterocycles. The lowest BCUT2D eigenvalue weighted by Crippen LogP contribution is -2.34. The molecule has 1 N–H and O–H groups in total. The minimum Gasteiger partial charge on any atom is -0.302 e. The van der Waals surface area contributed by atoms with Crippen LogP contribution in [0.3, 0.4) is 0 Å². The van der Waals surface area contributed by atoms with E-state index in [0.717, 1.165) is 16.6 Å². The van der Waals surface area contributed by atoms with Crippen LogP contribution in [-0.2, 0) is 10.0 Å². The molecule has 0 aliphatic heterocycles. The van der Waals surface area contributed by atoms with Gasteiger partial charge in [0.25, 0.3) is 0 Å². The number of sulfonamides is 1. The molecule has 1 aromatic carbocycles. The van der Waals surface area contributed by atoms with Crippen LogP contribution in [0.25, 0.3) is 0 Å². The molecule has 0 spiro atoms. The smallest absolute Gasteiger partial charge is 0.241 e. The first-order valence-electron chi connectivity index (χ1n) is 6.47. The van der Waals surface area contributed by atoms with Crippen molar-refractivity contribution in [1.82, 2.24) is 9.62 Å². The third kappa shape index (κ3) is 4.04. The van der Waals surface area contributed by atoms with Gasteiger partial charge in [-0.25, -0.2) is 13.1 Å². The van der Waals surface area contributed by atoms with E-state index < -0.39 is 10.0 Å². The average molecular weight is 426 g/mol. The quantitative estimate of drug-likeness (QED) is 0.762. The van der Waals surface area contributed by atoms with Gasteiger partial charge in [-0.1, -0.05) is 15.9 Å². The van der Waals surface area contributed by atoms with E-state index in [9.17, 15) is 8.42 Å². The third-order valence-electron chi connectivity index (χ3n) is 3.43. The van der Waals surface area contributed by atoms with Gasteiger partial charge in [0.2, 0.25) is 10.0 Å². The van der Waals surface area contributed by atoms with Crippen molar-refractivity contribution in [2.24, 2.45) is 0 Å². The van der Waals surface area contributed by atoms with Gasteiger partial charge in [0.15, 0.2) is 0 Å². The number of hydrogen-bond acceptors (Lipinski definition) is 3. The number of nitrogens with zero attached hydrogens (tertiary/aromatic N) is 1. The molecule has 0 amide bonds. The van der Waals surface area contributed by atoms with Crippen LogP contribution in [0.2, 0.25) is 0 Å². The summed E-state index contributed by atoms with van der Waals surface area (Å²) >= 11 is 6.69. The molecule has 1 fully saturated rings. The number of halogens is 2. The maximum atomic E-state index is 12.3. The number of aryl methyl sites for hydroxylation is 1. The standard InChI is InChI=1S/C13H18Br2N2O2S/c1-9-7-12(15)13(8-11(9)14)20(18,19)16-5-6-17(2)10-3-4-10/h7-8,10,16H,3-6H2,1-2H3. The molecule has 0 saturated heterocycles. The topological polar surface area (TPSA) is 49.4 Å². The zero-order chi connectivity index (χ0) is 14.9. The Morgan fingerprint density at radius 3 is 2.55 bits per heavy atom. The van der Waals surface area contributed by atoms with E-state index in [0.29, 0.717) is 17.1 Å². The number of benzene rings is 1. The Labute approximate surface area is 137 Å². The molecule has 0 radical (unpaired) electrons. The van der Waals surface area contributed by atoms with Gasteiger partial charge >= 0.3 is 0 Å². The van der Waals surface area contributed by atoms with E-state index in [1.54, 1.807) is 12.1 Å². The lowest BCUT2D eigenvalue weighted by molar-refractivity contribution is 0.329. The fraction of sp³-hybridized carbons (Fsp3) is 0.538. The van der Waals surface area contributed by atoms with E-state index in [-0.39, 0.29) is 4.90 Å². The SMILES string of the molecule is Cc1cc(Br)c(S(=O)(=O)NCCN(C)C2CC2)cc1Br. The van der Waals surface area contributed by atoms with Crippen LogP contribution >= 0.6 is 31.9 Å². The fourth-order valence-corrected chi connectivity index (χ4v) is 4.66. The first-order chi connectivity index (χ1) is 9.31. The molecule has 0 unspecified atom stereocenters. The molecular weight excluding hydrogens is 408 g/mol. The molecule has 4 nitrogen and oxygen atoms in total. The molecule has 0 heterocycles. The Balaban J connectivity index is 2.04. The largest absolute Gasteiger partial charge is 0.302 e. The van der Waals surface area contributed by atoms with E-state index >= 15 is 0 Å². The molecule has 1 aliphatic rings. The second-order valence-corrected chi connectivity index (χ2v) is 8.59. The lowest BCUT2D eigenvalue weighted by atomic mass is 10.2. The van der Waals surface area contributed by atoms with Crippen molar-refractivity contribution in [3.05, 3.63) is 26.6 Å². The maximum Gasteiger partial charge on any atom is 0.241 e. The van der Waals surface area contributed by atoms with E-state index in [2.05, 4.69) is 41.5 Å². The summed E-state index contributed by atoms with van der Waals surface area (Å²) in [4.78, 5) is 2.46.